The number of alkyl halides is 3. The van der Waals surface area contributed by atoms with Crippen molar-refractivity contribution in [3.05, 3.63) is 52.8 Å². The van der Waals surface area contributed by atoms with E-state index in [1.807, 2.05) is 30.3 Å². The molecule has 0 saturated carbocycles. The van der Waals surface area contributed by atoms with Gasteiger partial charge in [0.15, 0.2) is 5.65 Å². The van der Waals surface area contributed by atoms with Crippen LogP contribution < -0.4 is 5.32 Å². The van der Waals surface area contributed by atoms with Crippen LogP contribution in [0.5, 0.6) is 0 Å². The van der Waals surface area contributed by atoms with E-state index in [4.69, 9.17) is 0 Å². The van der Waals surface area contributed by atoms with Gasteiger partial charge in [0, 0.05) is 12.1 Å². The lowest BCUT2D eigenvalue weighted by atomic mass is 10.1. The average molecular weight is 335 g/mol. The topological polar surface area (TPSA) is 55.1 Å². The molecular weight excluding hydrogens is 319 g/mol. The number of nitrogens with one attached hydrogen (secondary N) is 1. The number of rotatable bonds is 4. The van der Waals surface area contributed by atoms with Crippen LogP contribution in [0.2, 0.25) is 0 Å². The second-order valence-electron chi connectivity index (χ2n) is 5.52. The van der Waals surface area contributed by atoms with Gasteiger partial charge in [-0.2, -0.15) is 17.7 Å². The third kappa shape index (κ3) is 3.04. The highest BCUT2D eigenvalue weighted by Gasteiger charge is 2.38. The van der Waals surface area contributed by atoms with Gasteiger partial charge in [0.25, 0.3) is 5.82 Å². The Balaban J connectivity index is 1.88. The Morgan fingerprint density at radius 3 is 2.42 bits per heavy atom. The second kappa shape index (κ2) is 6.10. The third-order valence-electron chi connectivity index (χ3n) is 3.90. The van der Waals surface area contributed by atoms with Gasteiger partial charge < -0.3 is 5.32 Å². The molecular formula is C16H16F3N5. The van der Waals surface area contributed by atoms with Gasteiger partial charge in [0.2, 0.25) is 0 Å². The molecule has 5 nitrogen and oxygen atoms in total. The van der Waals surface area contributed by atoms with Crippen LogP contribution in [0.3, 0.4) is 0 Å². The molecule has 2 heterocycles. The number of anilines is 1. The van der Waals surface area contributed by atoms with Gasteiger partial charge in [0.05, 0.1) is 0 Å². The molecule has 0 amide bonds. The van der Waals surface area contributed by atoms with Crippen molar-refractivity contribution in [2.24, 2.45) is 0 Å². The molecule has 0 aliphatic rings. The van der Waals surface area contributed by atoms with Crippen LogP contribution in [0.1, 0.15) is 22.5 Å². The molecule has 1 N–H and O–H groups in total. The van der Waals surface area contributed by atoms with Crippen LogP contribution in [-0.4, -0.2) is 26.4 Å². The maximum atomic E-state index is 13.0. The summed E-state index contributed by atoms with van der Waals surface area (Å²) in [5.41, 5.74) is 2.64. The van der Waals surface area contributed by atoms with Crippen molar-refractivity contribution in [2.45, 2.75) is 26.4 Å². The summed E-state index contributed by atoms with van der Waals surface area (Å²) in [5.74, 6) is -0.715. The molecule has 0 atom stereocenters. The quantitative estimate of drug-likeness (QED) is 0.794. The van der Waals surface area contributed by atoms with Gasteiger partial charge in [-0.1, -0.05) is 30.3 Å². The number of hydrogen-bond acceptors (Lipinski definition) is 4. The number of hydrogen-bond donors (Lipinski definition) is 1. The SMILES string of the molecule is Cc1c(NCCc2ccccc2)nn2c(C(F)(F)F)nnc2c1C. The van der Waals surface area contributed by atoms with Gasteiger partial charge in [-0.3, -0.25) is 0 Å². The molecule has 0 radical (unpaired) electrons. The Morgan fingerprint density at radius 2 is 1.75 bits per heavy atom. The van der Waals surface area contributed by atoms with Gasteiger partial charge in [-0.15, -0.1) is 15.3 Å². The number of fused-ring (bicyclic) bond motifs is 1. The summed E-state index contributed by atoms with van der Waals surface area (Å²) in [4.78, 5) is 0. The molecule has 0 bridgehead atoms. The molecule has 0 aliphatic heterocycles. The Bertz CT molecular complexity index is 856. The van der Waals surface area contributed by atoms with E-state index in [0.717, 1.165) is 22.1 Å². The summed E-state index contributed by atoms with van der Waals surface area (Å²) in [7, 11) is 0. The number of halogens is 3. The zero-order valence-corrected chi connectivity index (χ0v) is 13.2. The minimum atomic E-state index is -4.60. The zero-order chi connectivity index (χ0) is 17.3. The van der Waals surface area contributed by atoms with Gasteiger partial charge >= 0.3 is 6.18 Å². The van der Waals surface area contributed by atoms with E-state index in [0.29, 0.717) is 17.9 Å². The first-order valence-corrected chi connectivity index (χ1v) is 7.45. The Kier molecular flexibility index (Phi) is 4.13. The highest BCUT2D eigenvalue weighted by atomic mass is 19.4. The number of aryl methyl sites for hydroxylation is 1. The summed E-state index contributed by atoms with van der Waals surface area (Å²) in [6, 6.07) is 9.82. The first-order chi connectivity index (χ1) is 11.4. The Labute approximate surface area is 136 Å². The summed E-state index contributed by atoms with van der Waals surface area (Å²) >= 11 is 0. The van der Waals surface area contributed by atoms with Crippen molar-refractivity contribution in [3.8, 4) is 0 Å². The normalized spacial score (nSPS) is 11.9. The molecule has 1 aromatic carbocycles. The van der Waals surface area contributed by atoms with Crippen LogP contribution in [0.15, 0.2) is 30.3 Å². The van der Waals surface area contributed by atoms with E-state index in [2.05, 4.69) is 20.6 Å². The van der Waals surface area contributed by atoms with Crippen molar-refractivity contribution in [3.63, 3.8) is 0 Å². The molecule has 3 rings (SSSR count). The van der Waals surface area contributed by atoms with Crippen molar-refractivity contribution in [1.82, 2.24) is 19.8 Å². The fraction of sp³-hybridized carbons (Fsp3) is 0.312. The smallest absolute Gasteiger partial charge is 0.368 e. The average Bonchev–Trinajstić information content (AvgIpc) is 2.97. The van der Waals surface area contributed by atoms with E-state index in [9.17, 15) is 13.2 Å². The van der Waals surface area contributed by atoms with Gasteiger partial charge in [-0.25, -0.2) is 0 Å². The van der Waals surface area contributed by atoms with Crippen LogP contribution in [0.25, 0.3) is 5.65 Å². The van der Waals surface area contributed by atoms with Gasteiger partial charge in [-0.05, 0) is 31.4 Å². The molecule has 24 heavy (non-hydrogen) atoms. The van der Waals surface area contributed by atoms with Crippen molar-refractivity contribution in [1.29, 1.82) is 0 Å². The first kappa shape index (κ1) is 16.2. The lowest BCUT2D eigenvalue weighted by molar-refractivity contribution is -0.146. The Morgan fingerprint density at radius 1 is 1.04 bits per heavy atom. The predicted octanol–water partition coefficient (Wildman–Crippen LogP) is 3.41. The lowest BCUT2D eigenvalue weighted by Crippen LogP contribution is -2.16. The molecule has 0 fully saturated rings. The molecule has 8 heteroatoms. The Hall–Kier alpha value is -2.64. The van der Waals surface area contributed by atoms with E-state index in [1.54, 1.807) is 13.8 Å². The minimum Gasteiger partial charge on any atom is -0.368 e. The fourth-order valence-corrected chi connectivity index (χ4v) is 2.44. The highest BCUT2D eigenvalue weighted by molar-refractivity contribution is 5.58. The third-order valence-corrected chi connectivity index (χ3v) is 3.90. The number of aromatic nitrogens is 4. The monoisotopic (exact) mass is 335 g/mol. The van der Waals surface area contributed by atoms with Gasteiger partial charge in [0.1, 0.15) is 5.82 Å². The largest absolute Gasteiger partial charge is 0.453 e. The molecule has 3 aromatic rings. The van der Waals surface area contributed by atoms with E-state index in [-0.39, 0.29) is 5.65 Å². The van der Waals surface area contributed by atoms with E-state index >= 15 is 0 Å². The van der Waals surface area contributed by atoms with Crippen LogP contribution in [0.4, 0.5) is 19.0 Å². The maximum absolute atomic E-state index is 13.0. The molecule has 2 aromatic heterocycles. The number of benzene rings is 1. The molecule has 0 unspecified atom stereocenters. The highest BCUT2D eigenvalue weighted by Crippen LogP contribution is 2.29. The standard InChI is InChI=1S/C16H16F3N5/c1-10-11(2)14-21-22-15(16(17,18)19)24(14)23-13(10)20-9-8-12-6-4-3-5-7-12/h3-7H,8-9H2,1-2H3,(H,20,23). The van der Waals surface area contributed by atoms with Crippen LogP contribution in [0, 0.1) is 13.8 Å². The lowest BCUT2D eigenvalue weighted by Gasteiger charge is -2.12. The van der Waals surface area contributed by atoms with Crippen molar-refractivity contribution < 1.29 is 13.2 Å². The first-order valence-electron chi connectivity index (χ1n) is 7.45. The van der Waals surface area contributed by atoms with Crippen molar-refractivity contribution in [2.75, 3.05) is 11.9 Å². The molecule has 0 spiro atoms. The fourth-order valence-electron chi connectivity index (χ4n) is 2.44. The maximum Gasteiger partial charge on any atom is 0.453 e. The summed E-state index contributed by atoms with van der Waals surface area (Å²) in [6.07, 6.45) is -3.86. The van der Waals surface area contributed by atoms with Crippen molar-refractivity contribution >= 4 is 11.5 Å². The van der Waals surface area contributed by atoms with Crippen LogP contribution in [-0.2, 0) is 12.6 Å². The number of nitrogens with zero attached hydrogens (tertiary/aromatic N) is 4. The summed E-state index contributed by atoms with van der Waals surface area (Å²) in [5, 5.41) is 14.0. The molecule has 0 aliphatic carbocycles. The summed E-state index contributed by atoms with van der Waals surface area (Å²) in [6.45, 7) is 4.07. The van der Waals surface area contributed by atoms with Crippen LogP contribution >= 0.6 is 0 Å². The zero-order valence-electron chi connectivity index (χ0n) is 13.2. The minimum absolute atomic E-state index is 0.119. The predicted molar refractivity (Wildman–Crippen MR) is 83.9 cm³/mol. The second-order valence-corrected chi connectivity index (χ2v) is 5.52. The molecule has 126 valence electrons. The molecule has 0 saturated heterocycles. The summed E-state index contributed by atoms with van der Waals surface area (Å²) < 4.78 is 39.8. The van der Waals surface area contributed by atoms with E-state index in [1.165, 1.54) is 0 Å². The van der Waals surface area contributed by atoms with E-state index < -0.39 is 12.0 Å².